The minimum absolute atomic E-state index is 0.0530. The summed E-state index contributed by atoms with van der Waals surface area (Å²) in [6, 6.07) is 108. The van der Waals surface area contributed by atoms with E-state index in [1.54, 1.807) is 38.1 Å². The highest BCUT2D eigenvalue weighted by molar-refractivity contribution is 9.10. The highest BCUT2D eigenvalue weighted by Crippen LogP contribution is 2.46. The van der Waals surface area contributed by atoms with Gasteiger partial charge in [-0.25, -0.2) is 64.3 Å². The monoisotopic (exact) mass is 1920 g/mol. The fourth-order valence-electron chi connectivity index (χ4n) is 17.2. The quantitative estimate of drug-likeness (QED) is 0.0420. The number of anilines is 1. The Morgan fingerprint density at radius 2 is 0.746 bits per heavy atom. The van der Waals surface area contributed by atoms with Crippen LogP contribution >= 0.6 is 31.9 Å². The summed E-state index contributed by atoms with van der Waals surface area (Å²) in [4.78, 5) is 101. The molecule has 27 nitrogen and oxygen atoms in total. The number of carbonyl (C=O) groups is 4. The van der Waals surface area contributed by atoms with Crippen LogP contribution in [0.4, 0.5) is 15.3 Å². The van der Waals surface area contributed by atoms with Crippen LogP contribution in [0, 0.1) is 18.8 Å². The molecule has 7 heterocycles. The Balaban J connectivity index is 0.000000132. The van der Waals surface area contributed by atoms with Gasteiger partial charge in [-0.2, -0.15) is 0 Å². The number of halogens is 2. The molecule has 12 N–H and O–H groups in total. The van der Waals surface area contributed by atoms with Crippen molar-refractivity contribution in [2.24, 2.45) is 65.5 Å². The van der Waals surface area contributed by atoms with E-state index >= 15 is 0 Å². The van der Waals surface area contributed by atoms with Gasteiger partial charge >= 0.3 is 12.1 Å². The first-order valence-corrected chi connectivity index (χ1v) is 45.9. The van der Waals surface area contributed by atoms with Crippen LogP contribution in [0.5, 0.6) is 5.75 Å². The zero-order chi connectivity index (χ0) is 94.2. The molecule has 7 aliphatic rings. The summed E-state index contributed by atoms with van der Waals surface area (Å²) in [6.07, 6.45) is 3.20. The van der Waals surface area contributed by atoms with Crippen molar-refractivity contribution >= 4 is 91.2 Å². The molecular weight excluding hydrogens is 1820 g/mol. The van der Waals surface area contributed by atoms with E-state index in [0.29, 0.717) is 63.7 Å². The Kier molecular flexibility index (Phi) is 29.5. The van der Waals surface area contributed by atoms with Gasteiger partial charge in [-0.3, -0.25) is 19.4 Å². The largest absolute Gasteiger partial charge is 0.497 e. The van der Waals surface area contributed by atoms with E-state index in [0.717, 1.165) is 118 Å². The van der Waals surface area contributed by atoms with E-state index in [1.165, 1.54) is 15.2 Å². The van der Waals surface area contributed by atoms with Crippen molar-refractivity contribution in [2.45, 2.75) is 74.3 Å². The van der Waals surface area contributed by atoms with Crippen molar-refractivity contribution in [1.29, 1.82) is 0 Å². The van der Waals surface area contributed by atoms with Gasteiger partial charge in [0.1, 0.15) is 5.75 Å². The van der Waals surface area contributed by atoms with Crippen LogP contribution in [0.3, 0.4) is 0 Å². The first-order valence-electron chi connectivity index (χ1n) is 44.3. The lowest BCUT2D eigenvalue weighted by Gasteiger charge is -2.34. The van der Waals surface area contributed by atoms with Gasteiger partial charge in [0.15, 0.2) is 23.0 Å². The van der Waals surface area contributed by atoms with E-state index in [1.807, 2.05) is 339 Å². The van der Waals surface area contributed by atoms with Crippen LogP contribution < -0.4 is 44.0 Å². The number of rotatable bonds is 18. The smallest absolute Gasteiger partial charge is 0.321 e. The lowest BCUT2D eigenvalue weighted by molar-refractivity contribution is -0.163. The number of benzene rings is 12. The number of aliphatic imine (C=N–C) groups is 5. The fraction of sp³-hybridized carbons (Fsp3) is 0.229. The number of nitrogens with two attached hydrogens (primary N) is 5. The maximum atomic E-state index is 14.0. The normalized spacial score (nSPS) is 19.5. The van der Waals surface area contributed by atoms with Gasteiger partial charge in [0.25, 0.3) is 11.8 Å². The van der Waals surface area contributed by atoms with Crippen molar-refractivity contribution in [3.8, 4) is 16.9 Å². The van der Waals surface area contributed by atoms with Crippen LogP contribution in [-0.4, -0.2) is 156 Å². The summed E-state index contributed by atoms with van der Waals surface area (Å²) >= 11 is 6.90. The number of hydrogen-bond donors (Lipinski definition) is 7. The lowest BCUT2D eigenvalue weighted by Crippen LogP contribution is -2.49. The van der Waals surface area contributed by atoms with Gasteiger partial charge in [0.2, 0.25) is 35.1 Å². The van der Waals surface area contributed by atoms with E-state index in [4.69, 9.17) is 57.9 Å². The van der Waals surface area contributed by atoms with Crippen LogP contribution in [0.15, 0.2) is 368 Å². The average molecular weight is 1920 g/mol. The number of ether oxygens (including phenoxy) is 1. The molecule has 29 heteroatoms. The van der Waals surface area contributed by atoms with Crippen LogP contribution in [0.25, 0.3) is 11.1 Å². The predicted octanol–water partition coefficient (Wildman–Crippen LogP) is 16.5. The second kappa shape index (κ2) is 41.9. The standard InChI is InChI=1S/2C29H31N5O2.C22H21N3O2.C15H14BrN3O.C10H12BrN3O/c1-21-12-14-25(15-13-21)31-28(36)33-18-16-22(17-19-33)20-34-26(35)29(32-27(34)30,23-8-4-2-5-9-23)24-10-6-3-7-11-24;30-27-32-29(24-12-6-2-7-13-24,25-14-8-3-9-15-25)26(35)34(27)21-23-16-18-33(19-17-23)28(36)31-20-22-10-4-1-5-11-22;1-25-21(23)24-22(27-25,18-10-4-3-5-11-18)19-12-6-8-16(14-19)17-9-7-13-20(15-17)26-2;1-19-14(17)18-15(20-19,11-6-3-2-4-7-11)12-8-5-9-13(16)10-12;1-10(13-9(12)14(2)15-10)7-4-3-5-8(11)6-7/h2-15,22H,16-20H2,1H3,(H2,30,32)(H,31,36);1-15,23H,16-21H2,(H2,30,32)(H,31,36);3-15H,1-2H3,(H2,23,24);2-10H,1H3,(H2,17,18);3-6H,1-2H3,(H2,12,13). The van der Waals surface area contributed by atoms with Crippen molar-refractivity contribution in [1.82, 2.24) is 40.1 Å². The number of nitrogens with one attached hydrogen (secondary N) is 2. The van der Waals surface area contributed by atoms with E-state index < -0.39 is 28.3 Å². The molecule has 686 valence electrons. The SMILES string of the molecule is CN1OC(C)(c2cccc(Br)c2)N=C1N.CN1OC(c2ccccc2)(c2cccc(Br)c2)N=C1N.COc1cccc(-c2cccc(C3(c4ccccc4)N=C(N)N(C)O3)c2)c1.Cc1ccc(NC(=O)N2CCC(CN3C(=O)C(c4ccccc4)(c4ccccc4)N=C3N)CC2)cc1.NC1=NC(c2ccccc2)(c2ccccc2)C(=O)N1CC1CCN(C(=O)NCc2ccccc2)CC1. The van der Waals surface area contributed by atoms with Crippen molar-refractivity contribution < 1.29 is 38.4 Å². The summed E-state index contributed by atoms with van der Waals surface area (Å²) in [5.74, 6) is 2.60. The van der Waals surface area contributed by atoms with Gasteiger partial charge in [0, 0.05) is 109 Å². The van der Waals surface area contributed by atoms with Crippen LogP contribution in [0.2, 0.25) is 0 Å². The van der Waals surface area contributed by atoms with Crippen molar-refractivity contribution in [2.75, 3.05) is 72.8 Å². The molecule has 134 heavy (non-hydrogen) atoms. The zero-order valence-electron chi connectivity index (χ0n) is 75.5. The lowest BCUT2D eigenvalue weighted by atomic mass is 9.82. The molecule has 3 atom stereocenters. The predicted molar refractivity (Wildman–Crippen MR) is 531 cm³/mol. The third-order valence-electron chi connectivity index (χ3n) is 24.5. The van der Waals surface area contributed by atoms with Gasteiger partial charge in [0.05, 0.1) is 7.11 Å². The number of piperidine rings is 2. The Morgan fingerprint density at radius 3 is 1.14 bits per heavy atom. The van der Waals surface area contributed by atoms with Crippen molar-refractivity contribution in [3.63, 3.8) is 0 Å². The Bertz CT molecular complexity index is 6170. The van der Waals surface area contributed by atoms with E-state index in [2.05, 4.69) is 75.7 Å². The molecule has 12 aromatic carbocycles. The summed E-state index contributed by atoms with van der Waals surface area (Å²) in [5.41, 5.74) is 38.4. The molecule has 0 bridgehead atoms. The first kappa shape index (κ1) is 94.2. The number of likely N-dealkylation sites (tertiary alicyclic amines) is 2. The van der Waals surface area contributed by atoms with E-state index in [-0.39, 0.29) is 47.6 Å². The number of aryl methyl sites for hydroxylation is 1. The highest BCUT2D eigenvalue weighted by Gasteiger charge is 2.53. The number of urea groups is 2. The maximum absolute atomic E-state index is 14.0. The third-order valence-corrected chi connectivity index (χ3v) is 25.5. The van der Waals surface area contributed by atoms with Gasteiger partial charge in [-0.05, 0) is 145 Å². The molecule has 0 aliphatic carbocycles. The second-order valence-electron chi connectivity index (χ2n) is 33.5. The number of guanidine groups is 5. The van der Waals surface area contributed by atoms with Gasteiger partial charge in [-0.15, -0.1) is 0 Å². The zero-order valence-corrected chi connectivity index (χ0v) is 78.6. The number of hydrogen-bond acceptors (Lipinski definition) is 21. The average Bonchev–Trinajstić information content (AvgIpc) is 1.59. The minimum Gasteiger partial charge on any atom is -0.497 e. The molecule has 2 saturated heterocycles. The van der Waals surface area contributed by atoms with Crippen LogP contribution in [0.1, 0.15) is 93.8 Å². The molecule has 12 aromatic rings. The third kappa shape index (κ3) is 20.9. The minimum atomic E-state index is -1.18. The van der Waals surface area contributed by atoms with Gasteiger partial charge in [-0.1, -0.05) is 316 Å². The summed E-state index contributed by atoms with van der Waals surface area (Å²) in [6.45, 7) is 7.94. The molecular formula is C105H109Br2N19O8. The Hall–Kier alpha value is -14.5. The number of amides is 6. The molecule has 3 unspecified atom stereocenters. The van der Waals surface area contributed by atoms with Crippen molar-refractivity contribution in [3.05, 3.63) is 404 Å². The second-order valence-corrected chi connectivity index (χ2v) is 35.3. The molecule has 7 aliphatic heterocycles. The number of hydroxylamine groups is 6. The molecule has 19 rings (SSSR count). The maximum Gasteiger partial charge on any atom is 0.321 e. The number of methoxy groups -OCH3 is 1. The topological polar surface area (TPSA) is 344 Å². The van der Waals surface area contributed by atoms with Crippen LogP contribution in [-0.2, 0) is 58.9 Å². The molecule has 0 saturated carbocycles. The summed E-state index contributed by atoms with van der Waals surface area (Å²) in [5, 5.41) is 10.4. The summed E-state index contributed by atoms with van der Waals surface area (Å²) in [7, 11) is 6.92. The molecule has 0 radical (unpaired) electrons. The fourth-order valence-corrected chi connectivity index (χ4v) is 18.0. The Morgan fingerprint density at radius 1 is 0.396 bits per heavy atom. The first-order chi connectivity index (χ1) is 64.8. The van der Waals surface area contributed by atoms with Gasteiger partial charge < -0.3 is 53.8 Å². The molecule has 2 fully saturated rings. The Labute approximate surface area is 797 Å². The number of nitrogens with zero attached hydrogens (tertiary/aromatic N) is 12. The highest BCUT2D eigenvalue weighted by atomic mass is 79.9. The summed E-state index contributed by atoms with van der Waals surface area (Å²) < 4.78 is 7.32. The van der Waals surface area contributed by atoms with E-state index in [9.17, 15) is 19.2 Å². The molecule has 0 spiro atoms. The molecule has 0 aromatic heterocycles. The molecule has 6 amide bonds. The number of carbonyl (C=O) groups excluding carboxylic acids is 4.